The van der Waals surface area contributed by atoms with Crippen molar-refractivity contribution in [2.45, 2.75) is 19.3 Å². The zero-order chi connectivity index (χ0) is 10.4. The van der Waals surface area contributed by atoms with Crippen molar-refractivity contribution < 1.29 is 4.79 Å². The Bertz CT molecular complexity index is 315. The molecular formula is C11H17ClN2O. The van der Waals surface area contributed by atoms with Crippen molar-refractivity contribution in [1.82, 2.24) is 5.32 Å². The molecule has 0 fully saturated rings. The molecule has 0 heterocycles. The van der Waals surface area contributed by atoms with E-state index in [0.29, 0.717) is 6.42 Å². The first-order valence-electron chi connectivity index (χ1n) is 4.78. The van der Waals surface area contributed by atoms with Gasteiger partial charge in [-0.25, -0.2) is 0 Å². The highest BCUT2D eigenvalue weighted by atomic mass is 35.5. The summed E-state index contributed by atoms with van der Waals surface area (Å²) in [7, 11) is 1.65. The maximum atomic E-state index is 10.9. The fraction of sp³-hybridized carbons (Fsp3) is 0.364. The van der Waals surface area contributed by atoms with Gasteiger partial charge >= 0.3 is 0 Å². The topological polar surface area (TPSA) is 55.1 Å². The SMILES string of the molecule is CNC(=O)CCCc1ccccc1N.Cl. The van der Waals surface area contributed by atoms with E-state index < -0.39 is 0 Å². The molecule has 0 saturated carbocycles. The summed E-state index contributed by atoms with van der Waals surface area (Å²) < 4.78 is 0. The minimum Gasteiger partial charge on any atom is -0.399 e. The van der Waals surface area contributed by atoms with E-state index in [9.17, 15) is 4.79 Å². The van der Waals surface area contributed by atoms with Crippen molar-refractivity contribution in [2.75, 3.05) is 12.8 Å². The molecule has 0 atom stereocenters. The molecule has 0 aliphatic rings. The van der Waals surface area contributed by atoms with E-state index in [1.54, 1.807) is 7.05 Å². The number of nitrogens with one attached hydrogen (secondary N) is 1. The molecule has 0 radical (unpaired) electrons. The van der Waals surface area contributed by atoms with Crippen molar-refractivity contribution in [3.63, 3.8) is 0 Å². The average molecular weight is 229 g/mol. The van der Waals surface area contributed by atoms with Crippen LogP contribution in [0.25, 0.3) is 0 Å². The molecule has 3 N–H and O–H groups in total. The molecule has 0 saturated heterocycles. The van der Waals surface area contributed by atoms with Gasteiger partial charge in [-0.2, -0.15) is 0 Å². The Balaban J connectivity index is 0.00000196. The molecule has 1 rings (SSSR count). The second kappa shape index (κ2) is 7.12. The van der Waals surface area contributed by atoms with Crippen LogP contribution < -0.4 is 11.1 Å². The lowest BCUT2D eigenvalue weighted by molar-refractivity contribution is -0.120. The minimum absolute atomic E-state index is 0. The smallest absolute Gasteiger partial charge is 0.219 e. The first-order valence-corrected chi connectivity index (χ1v) is 4.78. The highest BCUT2D eigenvalue weighted by Crippen LogP contribution is 2.13. The predicted octanol–water partition coefficient (Wildman–Crippen LogP) is 1.76. The third-order valence-electron chi connectivity index (χ3n) is 2.18. The molecule has 1 aromatic rings. The van der Waals surface area contributed by atoms with Crippen LogP contribution in [0, 0.1) is 0 Å². The average Bonchev–Trinajstić information content (AvgIpc) is 2.20. The molecule has 0 bridgehead atoms. The number of hydrogen-bond donors (Lipinski definition) is 2. The molecule has 1 aromatic carbocycles. The van der Waals surface area contributed by atoms with E-state index in [0.717, 1.165) is 24.1 Å². The van der Waals surface area contributed by atoms with Gasteiger partial charge in [0.1, 0.15) is 0 Å². The van der Waals surface area contributed by atoms with E-state index in [1.807, 2.05) is 24.3 Å². The van der Waals surface area contributed by atoms with Gasteiger partial charge in [-0.3, -0.25) is 4.79 Å². The van der Waals surface area contributed by atoms with Gasteiger partial charge in [-0.05, 0) is 24.5 Å². The molecule has 1 amide bonds. The molecule has 0 unspecified atom stereocenters. The summed E-state index contributed by atoms with van der Waals surface area (Å²) in [5.41, 5.74) is 7.70. The number of carbonyl (C=O) groups is 1. The van der Waals surface area contributed by atoms with E-state index in [-0.39, 0.29) is 18.3 Å². The quantitative estimate of drug-likeness (QED) is 0.772. The Morgan fingerprint density at radius 2 is 2.07 bits per heavy atom. The maximum absolute atomic E-state index is 10.9. The Morgan fingerprint density at radius 1 is 1.40 bits per heavy atom. The summed E-state index contributed by atoms with van der Waals surface area (Å²) in [4.78, 5) is 10.9. The molecule has 0 spiro atoms. The lowest BCUT2D eigenvalue weighted by Gasteiger charge is -2.04. The number of nitrogen functional groups attached to an aromatic ring is 1. The summed E-state index contributed by atoms with van der Waals surface area (Å²) in [6, 6.07) is 7.76. The van der Waals surface area contributed by atoms with Crippen molar-refractivity contribution >= 4 is 24.0 Å². The summed E-state index contributed by atoms with van der Waals surface area (Å²) >= 11 is 0. The monoisotopic (exact) mass is 228 g/mol. The fourth-order valence-corrected chi connectivity index (χ4v) is 1.33. The molecule has 4 heteroatoms. The molecule has 3 nitrogen and oxygen atoms in total. The van der Waals surface area contributed by atoms with Gasteiger partial charge in [0, 0.05) is 19.2 Å². The number of anilines is 1. The Hall–Kier alpha value is -1.22. The fourth-order valence-electron chi connectivity index (χ4n) is 1.33. The number of para-hydroxylation sites is 1. The Kier molecular flexibility index (Phi) is 6.54. The Morgan fingerprint density at radius 3 is 2.67 bits per heavy atom. The zero-order valence-corrected chi connectivity index (χ0v) is 9.64. The summed E-state index contributed by atoms with van der Waals surface area (Å²) in [5.74, 6) is 0.0829. The number of carbonyl (C=O) groups excluding carboxylic acids is 1. The number of nitrogens with two attached hydrogens (primary N) is 1. The third-order valence-corrected chi connectivity index (χ3v) is 2.18. The van der Waals surface area contributed by atoms with Crippen LogP contribution in [0.2, 0.25) is 0 Å². The maximum Gasteiger partial charge on any atom is 0.219 e. The van der Waals surface area contributed by atoms with Crippen LogP contribution in [0.4, 0.5) is 5.69 Å². The van der Waals surface area contributed by atoms with E-state index in [2.05, 4.69) is 5.32 Å². The van der Waals surface area contributed by atoms with Crippen LogP contribution in [-0.2, 0) is 11.2 Å². The molecule has 0 aliphatic heterocycles. The summed E-state index contributed by atoms with van der Waals surface area (Å²) in [6.45, 7) is 0. The van der Waals surface area contributed by atoms with E-state index in [4.69, 9.17) is 5.73 Å². The van der Waals surface area contributed by atoms with Crippen LogP contribution in [0.15, 0.2) is 24.3 Å². The second-order valence-corrected chi connectivity index (χ2v) is 3.23. The highest BCUT2D eigenvalue weighted by Gasteiger charge is 2.00. The van der Waals surface area contributed by atoms with Gasteiger partial charge in [0.15, 0.2) is 0 Å². The summed E-state index contributed by atoms with van der Waals surface area (Å²) in [6.07, 6.45) is 2.26. The van der Waals surface area contributed by atoms with Gasteiger partial charge in [0.25, 0.3) is 0 Å². The van der Waals surface area contributed by atoms with E-state index in [1.165, 1.54) is 0 Å². The molecule has 84 valence electrons. The number of hydrogen-bond acceptors (Lipinski definition) is 2. The van der Waals surface area contributed by atoms with Crippen LogP contribution in [0.5, 0.6) is 0 Å². The minimum atomic E-state index is 0. The normalized spacial score (nSPS) is 9.13. The Labute approximate surface area is 96.5 Å². The standard InChI is InChI=1S/C11H16N2O.ClH/c1-13-11(14)8-4-6-9-5-2-3-7-10(9)12;/h2-3,5,7H,4,6,8,12H2,1H3,(H,13,14);1H. The number of benzene rings is 1. The van der Waals surface area contributed by atoms with E-state index >= 15 is 0 Å². The largest absolute Gasteiger partial charge is 0.399 e. The molecular weight excluding hydrogens is 212 g/mol. The number of aryl methyl sites for hydroxylation is 1. The second-order valence-electron chi connectivity index (χ2n) is 3.23. The molecule has 0 aliphatic carbocycles. The van der Waals surface area contributed by atoms with Crippen LogP contribution in [0.1, 0.15) is 18.4 Å². The van der Waals surface area contributed by atoms with Gasteiger partial charge < -0.3 is 11.1 Å². The zero-order valence-electron chi connectivity index (χ0n) is 8.82. The summed E-state index contributed by atoms with van der Waals surface area (Å²) in [5, 5.41) is 2.60. The van der Waals surface area contributed by atoms with Crippen molar-refractivity contribution in [3.8, 4) is 0 Å². The van der Waals surface area contributed by atoms with Gasteiger partial charge in [-0.1, -0.05) is 18.2 Å². The number of amides is 1. The highest BCUT2D eigenvalue weighted by molar-refractivity contribution is 5.85. The lowest BCUT2D eigenvalue weighted by Crippen LogP contribution is -2.17. The number of halogens is 1. The van der Waals surface area contributed by atoms with Crippen molar-refractivity contribution in [2.24, 2.45) is 0 Å². The lowest BCUT2D eigenvalue weighted by atomic mass is 10.1. The molecule has 0 aromatic heterocycles. The van der Waals surface area contributed by atoms with Crippen molar-refractivity contribution in [3.05, 3.63) is 29.8 Å². The van der Waals surface area contributed by atoms with Crippen LogP contribution in [-0.4, -0.2) is 13.0 Å². The van der Waals surface area contributed by atoms with Crippen LogP contribution >= 0.6 is 12.4 Å². The van der Waals surface area contributed by atoms with Crippen molar-refractivity contribution in [1.29, 1.82) is 0 Å². The first kappa shape index (κ1) is 13.8. The van der Waals surface area contributed by atoms with Gasteiger partial charge in [-0.15, -0.1) is 12.4 Å². The van der Waals surface area contributed by atoms with Gasteiger partial charge in [0.05, 0.1) is 0 Å². The molecule has 15 heavy (non-hydrogen) atoms. The predicted molar refractivity (Wildman–Crippen MR) is 65.1 cm³/mol. The number of rotatable bonds is 4. The van der Waals surface area contributed by atoms with Crippen LogP contribution in [0.3, 0.4) is 0 Å². The van der Waals surface area contributed by atoms with Gasteiger partial charge in [0.2, 0.25) is 5.91 Å². The first-order chi connectivity index (χ1) is 6.74. The third kappa shape index (κ3) is 4.70.